The van der Waals surface area contributed by atoms with Crippen LogP contribution in [0.15, 0.2) is 29.4 Å². The van der Waals surface area contributed by atoms with Gasteiger partial charge >= 0.3 is 0 Å². The summed E-state index contributed by atoms with van der Waals surface area (Å²) in [7, 11) is 0. The molecule has 3 nitrogen and oxygen atoms in total. The molecular weight excluding hydrogens is 212 g/mol. The van der Waals surface area contributed by atoms with E-state index in [0.29, 0.717) is 12.1 Å². The van der Waals surface area contributed by atoms with E-state index in [1.54, 1.807) is 0 Å². The SMILES string of the molecule is CCc1ccc(NN=C2CCCCC2=O)cc1. The summed E-state index contributed by atoms with van der Waals surface area (Å²) in [4.78, 5) is 11.5. The van der Waals surface area contributed by atoms with E-state index < -0.39 is 0 Å². The van der Waals surface area contributed by atoms with Crippen molar-refractivity contribution < 1.29 is 4.79 Å². The molecule has 1 aromatic rings. The van der Waals surface area contributed by atoms with Crippen LogP contribution in [-0.2, 0) is 11.2 Å². The van der Waals surface area contributed by atoms with E-state index in [1.165, 1.54) is 5.56 Å². The number of benzene rings is 1. The molecule has 1 fully saturated rings. The molecule has 1 aliphatic rings. The average molecular weight is 230 g/mol. The summed E-state index contributed by atoms with van der Waals surface area (Å²) < 4.78 is 0. The smallest absolute Gasteiger partial charge is 0.178 e. The highest BCUT2D eigenvalue weighted by Gasteiger charge is 2.16. The van der Waals surface area contributed by atoms with E-state index >= 15 is 0 Å². The highest BCUT2D eigenvalue weighted by atomic mass is 16.1. The maximum Gasteiger partial charge on any atom is 0.178 e. The molecule has 0 bridgehead atoms. The van der Waals surface area contributed by atoms with Crippen molar-refractivity contribution in [2.24, 2.45) is 5.10 Å². The predicted molar refractivity (Wildman–Crippen MR) is 70.4 cm³/mol. The minimum atomic E-state index is 0.189. The van der Waals surface area contributed by atoms with Crippen LogP contribution >= 0.6 is 0 Å². The van der Waals surface area contributed by atoms with Crippen molar-refractivity contribution in [2.75, 3.05) is 5.43 Å². The van der Waals surface area contributed by atoms with Crippen LogP contribution in [0.2, 0.25) is 0 Å². The minimum absolute atomic E-state index is 0.189. The monoisotopic (exact) mass is 230 g/mol. The summed E-state index contributed by atoms with van der Waals surface area (Å²) >= 11 is 0. The van der Waals surface area contributed by atoms with Crippen molar-refractivity contribution in [3.63, 3.8) is 0 Å². The second kappa shape index (κ2) is 5.62. The van der Waals surface area contributed by atoms with Crippen molar-refractivity contribution in [1.82, 2.24) is 0 Å². The third kappa shape index (κ3) is 3.16. The lowest BCUT2D eigenvalue weighted by Gasteiger charge is -2.11. The van der Waals surface area contributed by atoms with Crippen molar-refractivity contribution >= 4 is 17.2 Å². The van der Waals surface area contributed by atoms with Crippen LogP contribution in [0.4, 0.5) is 5.69 Å². The van der Waals surface area contributed by atoms with Crippen LogP contribution < -0.4 is 5.43 Å². The molecule has 1 N–H and O–H groups in total. The first-order valence-electron chi connectivity index (χ1n) is 6.24. The number of hydrogen-bond donors (Lipinski definition) is 1. The molecule has 3 heteroatoms. The normalized spacial score (nSPS) is 18.4. The van der Waals surface area contributed by atoms with Gasteiger partial charge in [-0.25, -0.2) is 0 Å². The molecule has 0 aliphatic heterocycles. The lowest BCUT2D eigenvalue weighted by atomic mass is 9.97. The number of ketones is 1. The number of hydrogen-bond acceptors (Lipinski definition) is 3. The number of nitrogens with one attached hydrogen (secondary N) is 1. The van der Waals surface area contributed by atoms with Crippen molar-refractivity contribution in [2.45, 2.75) is 39.0 Å². The molecule has 1 saturated carbocycles. The van der Waals surface area contributed by atoms with Crippen LogP contribution in [-0.4, -0.2) is 11.5 Å². The molecule has 1 aromatic carbocycles. The second-order valence-electron chi connectivity index (χ2n) is 4.35. The summed E-state index contributed by atoms with van der Waals surface area (Å²) in [5.74, 6) is 0.189. The third-order valence-electron chi connectivity index (χ3n) is 3.07. The molecular formula is C14H18N2O. The van der Waals surface area contributed by atoms with Crippen LogP contribution in [0.5, 0.6) is 0 Å². The molecule has 0 amide bonds. The number of aryl methyl sites for hydroxylation is 1. The van der Waals surface area contributed by atoms with Gasteiger partial charge in [-0.3, -0.25) is 10.2 Å². The Bertz CT molecular complexity index is 420. The minimum Gasteiger partial charge on any atom is -0.293 e. The maximum atomic E-state index is 11.5. The first-order valence-corrected chi connectivity index (χ1v) is 6.24. The van der Waals surface area contributed by atoms with Gasteiger partial charge in [-0.1, -0.05) is 19.1 Å². The lowest BCUT2D eigenvalue weighted by Crippen LogP contribution is -2.19. The Hall–Kier alpha value is -1.64. The van der Waals surface area contributed by atoms with Gasteiger partial charge in [0.05, 0.1) is 5.69 Å². The largest absolute Gasteiger partial charge is 0.293 e. The molecule has 0 aromatic heterocycles. The highest BCUT2D eigenvalue weighted by molar-refractivity contribution is 6.40. The fourth-order valence-electron chi connectivity index (χ4n) is 1.93. The van der Waals surface area contributed by atoms with E-state index in [9.17, 15) is 4.79 Å². The van der Waals surface area contributed by atoms with E-state index in [0.717, 1.165) is 31.4 Å². The fraction of sp³-hybridized carbons (Fsp3) is 0.429. The molecule has 90 valence electrons. The first-order chi connectivity index (χ1) is 8.29. The van der Waals surface area contributed by atoms with E-state index in [4.69, 9.17) is 0 Å². The van der Waals surface area contributed by atoms with Gasteiger partial charge in [-0.15, -0.1) is 0 Å². The Balaban J connectivity index is 2.00. The standard InChI is InChI=1S/C14H18N2O/c1-2-11-7-9-12(10-8-11)15-16-13-5-3-4-6-14(13)17/h7-10,15H,2-6H2,1H3. The lowest BCUT2D eigenvalue weighted by molar-refractivity contribution is -0.113. The zero-order valence-electron chi connectivity index (χ0n) is 10.2. The van der Waals surface area contributed by atoms with E-state index in [1.807, 2.05) is 12.1 Å². The zero-order valence-corrected chi connectivity index (χ0v) is 10.2. The third-order valence-corrected chi connectivity index (χ3v) is 3.07. The maximum absolute atomic E-state index is 11.5. The number of carbonyl (C=O) groups excluding carboxylic acids is 1. The van der Waals surface area contributed by atoms with Crippen LogP contribution in [0.25, 0.3) is 0 Å². The van der Waals surface area contributed by atoms with Crippen LogP contribution in [0.3, 0.4) is 0 Å². The molecule has 1 aliphatic carbocycles. The quantitative estimate of drug-likeness (QED) is 0.810. The molecule has 0 unspecified atom stereocenters. The first kappa shape index (κ1) is 11.8. The van der Waals surface area contributed by atoms with Gasteiger partial charge in [-0.05, 0) is 43.4 Å². The zero-order chi connectivity index (χ0) is 12.1. The highest BCUT2D eigenvalue weighted by Crippen LogP contribution is 2.14. The number of anilines is 1. The van der Waals surface area contributed by atoms with E-state index in [2.05, 4.69) is 29.6 Å². The number of rotatable bonds is 3. The second-order valence-corrected chi connectivity index (χ2v) is 4.35. The Morgan fingerprint density at radius 3 is 2.53 bits per heavy atom. The number of hydrazone groups is 1. The van der Waals surface area contributed by atoms with E-state index in [-0.39, 0.29) is 5.78 Å². The molecule has 0 radical (unpaired) electrons. The topological polar surface area (TPSA) is 41.5 Å². The molecule has 0 saturated heterocycles. The molecule has 0 spiro atoms. The van der Waals surface area contributed by atoms with Crippen molar-refractivity contribution in [3.8, 4) is 0 Å². The van der Waals surface area contributed by atoms with Gasteiger partial charge in [0, 0.05) is 6.42 Å². The van der Waals surface area contributed by atoms with Crippen molar-refractivity contribution in [3.05, 3.63) is 29.8 Å². The summed E-state index contributed by atoms with van der Waals surface area (Å²) in [6, 6.07) is 8.14. The van der Waals surface area contributed by atoms with Crippen LogP contribution in [0.1, 0.15) is 38.2 Å². The van der Waals surface area contributed by atoms with Gasteiger partial charge < -0.3 is 0 Å². The molecule has 2 rings (SSSR count). The predicted octanol–water partition coefficient (Wildman–Crippen LogP) is 3.16. The number of nitrogens with zero attached hydrogens (tertiary/aromatic N) is 1. The van der Waals surface area contributed by atoms with Crippen LogP contribution in [0, 0.1) is 0 Å². The Morgan fingerprint density at radius 2 is 1.88 bits per heavy atom. The Labute approximate surface area is 102 Å². The van der Waals surface area contributed by atoms with Gasteiger partial charge in [-0.2, -0.15) is 5.10 Å². The molecule has 0 atom stereocenters. The summed E-state index contributed by atoms with van der Waals surface area (Å²) in [6.07, 6.45) is 4.56. The van der Waals surface area contributed by atoms with Gasteiger partial charge in [0.25, 0.3) is 0 Å². The van der Waals surface area contributed by atoms with Gasteiger partial charge in [0.1, 0.15) is 5.71 Å². The summed E-state index contributed by atoms with van der Waals surface area (Å²) in [5.41, 5.74) is 5.89. The number of Topliss-reactive ketones (excluding diaryl/α,β-unsaturated/α-hetero) is 1. The summed E-state index contributed by atoms with van der Waals surface area (Å²) in [5, 5.41) is 4.21. The Kier molecular flexibility index (Phi) is 3.91. The Morgan fingerprint density at radius 1 is 1.18 bits per heavy atom. The average Bonchev–Trinajstić information content (AvgIpc) is 2.38. The molecule has 0 heterocycles. The van der Waals surface area contributed by atoms with Gasteiger partial charge in [0.2, 0.25) is 0 Å². The summed E-state index contributed by atoms with van der Waals surface area (Å²) in [6.45, 7) is 2.13. The molecule has 17 heavy (non-hydrogen) atoms. The van der Waals surface area contributed by atoms with Crippen molar-refractivity contribution in [1.29, 1.82) is 0 Å². The number of carbonyl (C=O) groups is 1. The van der Waals surface area contributed by atoms with Gasteiger partial charge in [0.15, 0.2) is 5.78 Å². The fourth-order valence-corrected chi connectivity index (χ4v) is 1.93.